The molecule has 0 bridgehead atoms. The molecule has 0 aliphatic carbocycles. The monoisotopic (exact) mass is 373 g/mol. The summed E-state index contributed by atoms with van der Waals surface area (Å²) >= 11 is 0. The first kappa shape index (κ1) is 22.3. The Morgan fingerprint density at radius 1 is 1.08 bits per heavy atom. The Morgan fingerprint density at radius 2 is 1.69 bits per heavy atom. The van der Waals surface area contributed by atoms with Crippen LogP contribution in [0.25, 0.3) is 0 Å². The van der Waals surface area contributed by atoms with Crippen LogP contribution >= 0.6 is 0 Å². The van der Waals surface area contributed by atoms with E-state index in [-0.39, 0.29) is 17.7 Å². The summed E-state index contributed by atoms with van der Waals surface area (Å²) in [6.07, 6.45) is 1.98. The molecule has 3 nitrogen and oxygen atoms in total. The van der Waals surface area contributed by atoms with Crippen molar-refractivity contribution in [3.05, 3.63) is 24.3 Å². The molecular formula is C20H30F3NO2. The van der Waals surface area contributed by atoms with Crippen molar-refractivity contribution >= 4 is 11.6 Å². The Balaban J connectivity index is 3.18. The highest BCUT2D eigenvalue weighted by Gasteiger charge is 2.32. The van der Waals surface area contributed by atoms with Gasteiger partial charge in [0.15, 0.2) is 0 Å². The van der Waals surface area contributed by atoms with Gasteiger partial charge < -0.3 is 9.64 Å². The van der Waals surface area contributed by atoms with Gasteiger partial charge in [-0.3, -0.25) is 4.79 Å². The number of halogens is 3. The van der Waals surface area contributed by atoms with Gasteiger partial charge in [0.25, 0.3) is 0 Å². The summed E-state index contributed by atoms with van der Waals surface area (Å²) in [4.78, 5) is 14.5. The van der Waals surface area contributed by atoms with Crippen LogP contribution in [-0.2, 0) is 4.79 Å². The molecule has 148 valence electrons. The maximum absolute atomic E-state index is 12.8. The quantitative estimate of drug-likeness (QED) is 0.445. The fourth-order valence-electron chi connectivity index (χ4n) is 3.01. The minimum absolute atomic E-state index is 0.00455. The molecule has 0 spiro atoms. The van der Waals surface area contributed by atoms with Crippen LogP contribution in [0.3, 0.4) is 0 Å². The number of unbranched alkanes of at least 4 members (excludes halogenated alkanes) is 2. The summed E-state index contributed by atoms with van der Waals surface area (Å²) in [5.41, 5.74) is 0.474. The second-order valence-corrected chi connectivity index (χ2v) is 6.50. The summed E-state index contributed by atoms with van der Waals surface area (Å²) in [7, 11) is 0. The Hall–Kier alpha value is -1.72. The normalized spacial score (nSPS) is 11.7. The molecule has 0 saturated carbocycles. The number of amides is 1. The van der Waals surface area contributed by atoms with Crippen LogP contribution in [0.15, 0.2) is 24.3 Å². The van der Waals surface area contributed by atoms with Gasteiger partial charge in [-0.25, -0.2) is 0 Å². The Morgan fingerprint density at radius 3 is 2.19 bits per heavy atom. The largest absolute Gasteiger partial charge is 0.573 e. The molecule has 0 aliphatic rings. The smallest absolute Gasteiger partial charge is 0.406 e. The van der Waals surface area contributed by atoms with Gasteiger partial charge in [-0.2, -0.15) is 0 Å². The molecule has 0 saturated heterocycles. The molecule has 1 rings (SSSR count). The molecule has 26 heavy (non-hydrogen) atoms. The van der Waals surface area contributed by atoms with E-state index < -0.39 is 6.36 Å². The number of anilines is 1. The molecule has 1 amide bonds. The van der Waals surface area contributed by atoms with Crippen molar-refractivity contribution in [3.8, 4) is 5.75 Å². The summed E-state index contributed by atoms with van der Waals surface area (Å²) in [6.45, 7) is 6.10. The number of ether oxygens (including phenoxy) is 1. The Labute approximate surface area is 154 Å². The highest BCUT2D eigenvalue weighted by Crippen LogP contribution is 2.30. The van der Waals surface area contributed by atoms with Gasteiger partial charge in [0.1, 0.15) is 5.75 Å². The number of benzene rings is 1. The highest BCUT2D eigenvalue weighted by molar-refractivity contribution is 5.94. The van der Waals surface area contributed by atoms with Crippen molar-refractivity contribution < 1.29 is 22.7 Å². The second kappa shape index (κ2) is 11.1. The van der Waals surface area contributed by atoms with Gasteiger partial charge in [0.05, 0.1) is 0 Å². The van der Waals surface area contributed by atoms with Crippen LogP contribution in [0.2, 0.25) is 0 Å². The number of nitrogens with zero attached hydrogens (tertiary/aromatic N) is 1. The van der Waals surface area contributed by atoms with E-state index in [4.69, 9.17) is 0 Å². The topological polar surface area (TPSA) is 29.5 Å². The number of hydrogen-bond acceptors (Lipinski definition) is 2. The summed E-state index contributed by atoms with van der Waals surface area (Å²) in [5.74, 6) is -0.345. The maximum atomic E-state index is 12.8. The van der Waals surface area contributed by atoms with E-state index in [9.17, 15) is 18.0 Å². The standard InChI is InChI=1S/C20H30F3NO2/c1-4-7-11-16(12-8-5-2)24(19(25)10-6-3)17-13-9-14-18(15-17)26-20(21,22)23/h9,13-16H,4-8,10-12H2,1-3H3. The molecule has 1 aromatic carbocycles. The number of carbonyl (C=O) groups is 1. The molecule has 0 heterocycles. The molecule has 1 aromatic rings. The highest BCUT2D eigenvalue weighted by atomic mass is 19.4. The second-order valence-electron chi connectivity index (χ2n) is 6.50. The predicted molar refractivity (Wildman–Crippen MR) is 98.4 cm³/mol. The predicted octanol–water partition coefficient (Wildman–Crippen LogP) is 6.47. The summed E-state index contributed by atoms with van der Waals surface area (Å²) in [6, 6.07) is 5.74. The molecule has 6 heteroatoms. The first-order valence-corrected chi connectivity index (χ1v) is 9.50. The lowest BCUT2D eigenvalue weighted by molar-refractivity contribution is -0.274. The molecule has 0 aliphatic heterocycles. The molecule has 0 unspecified atom stereocenters. The first-order chi connectivity index (χ1) is 12.3. The zero-order valence-electron chi connectivity index (χ0n) is 15.9. The lowest BCUT2D eigenvalue weighted by Crippen LogP contribution is -2.40. The van der Waals surface area contributed by atoms with Gasteiger partial charge in [-0.05, 0) is 31.4 Å². The van der Waals surface area contributed by atoms with E-state index in [1.165, 1.54) is 18.2 Å². The van der Waals surface area contributed by atoms with E-state index in [0.717, 1.165) is 38.5 Å². The lowest BCUT2D eigenvalue weighted by atomic mass is 10.00. The number of carbonyl (C=O) groups excluding carboxylic acids is 1. The van der Waals surface area contributed by atoms with Gasteiger partial charge in [0.2, 0.25) is 5.91 Å². The molecular weight excluding hydrogens is 343 g/mol. The third-order valence-corrected chi connectivity index (χ3v) is 4.21. The minimum Gasteiger partial charge on any atom is -0.406 e. The van der Waals surface area contributed by atoms with Crippen molar-refractivity contribution in [1.29, 1.82) is 0 Å². The van der Waals surface area contributed by atoms with Crippen LogP contribution in [-0.4, -0.2) is 18.3 Å². The zero-order valence-corrected chi connectivity index (χ0v) is 15.9. The maximum Gasteiger partial charge on any atom is 0.573 e. The van der Waals surface area contributed by atoms with E-state index >= 15 is 0 Å². The van der Waals surface area contributed by atoms with E-state index in [1.807, 2.05) is 6.92 Å². The van der Waals surface area contributed by atoms with Crippen molar-refractivity contribution in [2.45, 2.75) is 84.5 Å². The number of hydrogen-bond donors (Lipinski definition) is 0. The van der Waals surface area contributed by atoms with Gasteiger partial charge in [-0.1, -0.05) is 52.5 Å². The third-order valence-electron chi connectivity index (χ3n) is 4.21. The van der Waals surface area contributed by atoms with Crippen LogP contribution in [0.5, 0.6) is 5.75 Å². The fourth-order valence-corrected chi connectivity index (χ4v) is 3.01. The summed E-state index contributed by atoms with van der Waals surface area (Å²) in [5, 5.41) is 0. The number of alkyl halides is 3. The summed E-state index contributed by atoms with van der Waals surface area (Å²) < 4.78 is 41.7. The van der Waals surface area contributed by atoms with Crippen LogP contribution in [0.4, 0.5) is 18.9 Å². The average molecular weight is 373 g/mol. The minimum atomic E-state index is -4.75. The number of rotatable bonds is 11. The molecule has 0 radical (unpaired) electrons. The van der Waals surface area contributed by atoms with E-state index in [2.05, 4.69) is 18.6 Å². The van der Waals surface area contributed by atoms with Crippen LogP contribution in [0, 0.1) is 0 Å². The van der Waals surface area contributed by atoms with Crippen LogP contribution < -0.4 is 9.64 Å². The van der Waals surface area contributed by atoms with E-state index in [1.54, 1.807) is 11.0 Å². The molecule has 0 atom stereocenters. The molecule has 0 fully saturated rings. The Bertz CT molecular complexity index is 538. The van der Waals surface area contributed by atoms with Gasteiger partial charge in [0, 0.05) is 24.2 Å². The molecule has 0 N–H and O–H groups in total. The molecule has 0 aromatic heterocycles. The SMILES string of the molecule is CCCCC(CCCC)N(C(=O)CCC)c1cccc(OC(F)(F)F)c1. The average Bonchev–Trinajstić information content (AvgIpc) is 2.56. The van der Waals surface area contributed by atoms with Crippen LogP contribution in [0.1, 0.15) is 72.1 Å². The van der Waals surface area contributed by atoms with Crippen molar-refractivity contribution in [2.75, 3.05) is 4.90 Å². The van der Waals surface area contributed by atoms with Crippen molar-refractivity contribution in [1.82, 2.24) is 0 Å². The zero-order chi connectivity index (χ0) is 19.6. The van der Waals surface area contributed by atoms with Crippen molar-refractivity contribution in [2.24, 2.45) is 0 Å². The fraction of sp³-hybridized carbons (Fsp3) is 0.650. The third kappa shape index (κ3) is 7.67. The Kier molecular flexibility index (Phi) is 9.52. The van der Waals surface area contributed by atoms with Gasteiger partial charge in [-0.15, -0.1) is 13.2 Å². The van der Waals surface area contributed by atoms with E-state index in [0.29, 0.717) is 18.5 Å². The first-order valence-electron chi connectivity index (χ1n) is 9.50. The lowest BCUT2D eigenvalue weighted by Gasteiger charge is -2.32. The van der Waals surface area contributed by atoms with Gasteiger partial charge >= 0.3 is 6.36 Å². The van der Waals surface area contributed by atoms with Crippen molar-refractivity contribution in [3.63, 3.8) is 0 Å².